The third-order valence-corrected chi connectivity index (χ3v) is 4.53. The van der Waals surface area contributed by atoms with Crippen LogP contribution >= 0.6 is 11.6 Å². The summed E-state index contributed by atoms with van der Waals surface area (Å²) in [7, 11) is 0. The van der Waals surface area contributed by atoms with Gasteiger partial charge >= 0.3 is 5.97 Å². The number of ether oxygens (including phenoxy) is 1. The summed E-state index contributed by atoms with van der Waals surface area (Å²) in [5.41, 5.74) is 2.88. The largest absolute Gasteiger partial charge is 0.486 e. The van der Waals surface area contributed by atoms with E-state index in [-0.39, 0.29) is 18.3 Å². The Morgan fingerprint density at radius 1 is 1.23 bits per heavy atom. The first-order valence-corrected chi connectivity index (χ1v) is 11.1. The lowest BCUT2D eigenvalue weighted by atomic mass is 9.91. The van der Waals surface area contributed by atoms with Crippen molar-refractivity contribution in [1.82, 2.24) is 10.2 Å². The normalized spacial score (nSPS) is 10.7. The van der Waals surface area contributed by atoms with E-state index in [1.54, 1.807) is 6.20 Å². The molecular weight excluding hydrogens is 416 g/mol. The van der Waals surface area contributed by atoms with Gasteiger partial charge in [-0.05, 0) is 74.4 Å². The van der Waals surface area contributed by atoms with E-state index in [0.29, 0.717) is 17.2 Å². The monoisotopic (exact) mass is 450 g/mol. The minimum atomic E-state index is -0.711. The third-order valence-electron chi connectivity index (χ3n) is 4.20. The molecule has 1 unspecified atom stereocenters. The lowest BCUT2D eigenvalue weighted by Gasteiger charge is -2.19. The van der Waals surface area contributed by atoms with E-state index in [1.807, 2.05) is 52.0 Å². The summed E-state index contributed by atoms with van der Waals surface area (Å²) in [5.74, 6) is 0.210. The van der Waals surface area contributed by atoms with E-state index < -0.39 is 5.97 Å². The predicted molar refractivity (Wildman–Crippen MR) is 125 cm³/mol. The van der Waals surface area contributed by atoms with Crippen LogP contribution in [0.1, 0.15) is 76.6 Å². The van der Waals surface area contributed by atoms with Gasteiger partial charge in [-0.15, -0.1) is 0 Å². The molecule has 1 aromatic heterocycles. The number of aromatic nitrogens is 2. The topological polar surface area (TPSA) is 89.4 Å². The molecule has 1 N–H and O–H groups in total. The number of benzene rings is 1. The van der Waals surface area contributed by atoms with E-state index in [2.05, 4.69) is 17.1 Å². The number of ketones is 1. The highest BCUT2D eigenvalue weighted by Crippen LogP contribution is 2.34. The van der Waals surface area contributed by atoms with Crippen LogP contribution in [-0.2, 0) is 16.0 Å². The second-order valence-electron chi connectivity index (χ2n) is 6.80. The fourth-order valence-electron chi connectivity index (χ4n) is 2.70. The third kappa shape index (κ3) is 11.5. The van der Waals surface area contributed by atoms with Crippen LogP contribution in [0.4, 0.5) is 0 Å². The number of hydrogen-bond acceptors (Lipinski definition) is 5. The Morgan fingerprint density at radius 3 is 2.35 bits per heavy atom. The van der Waals surface area contributed by atoms with Crippen molar-refractivity contribution < 1.29 is 19.4 Å². The molecule has 0 saturated carbocycles. The van der Waals surface area contributed by atoms with Crippen LogP contribution in [0.2, 0.25) is 5.02 Å². The number of Topliss-reactive ketones (excluding diaryl/α,β-unsaturated/α-hetero) is 1. The van der Waals surface area contributed by atoms with Gasteiger partial charge in [-0.1, -0.05) is 39.3 Å². The summed E-state index contributed by atoms with van der Waals surface area (Å²) in [6.45, 7) is 11.5. The molecule has 6 nitrogen and oxygen atoms in total. The van der Waals surface area contributed by atoms with Crippen LogP contribution in [0.3, 0.4) is 0 Å². The van der Waals surface area contributed by atoms with Crippen LogP contribution < -0.4 is 4.74 Å². The Labute approximate surface area is 191 Å². The van der Waals surface area contributed by atoms with Gasteiger partial charge in [-0.25, -0.2) is 0 Å². The molecule has 0 bridgehead atoms. The van der Waals surface area contributed by atoms with Gasteiger partial charge in [0.1, 0.15) is 12.4 Å². The first-order valence-electron chi connectivity index (χ1n) is 10.7. The predicted octanol–water partition coefficient (Wildman–Crippen LogP) is 6.04. The van der Waals surface area contributed by atoms with Crippen molar-refractivity contribution in [3.05, 3.63) is 52.3 Å². The molecule has 0 aliphatic rings. The Hall–Kier alpha value is -2.47. The maximum atomic E-state index is 11.1. The zero-order valence-electron chi connectivity index (χ0n) is 19.4. The maximum absolute atomic E-state index is 11.1. The highest BCUT2D eigenvalue weighted by atomic mass is 35.5. The Bertz CT molecular complexity index is 798. The highest BCUT2D eigenvalue weighted by Gasteiger charge is 2.17. The number of hydrogen-bond donors (Lipinski definition) is 1. The van der Waals surface area contributed by atoms with Gasteiger partial charge in [0.05, 0.1) is 5.69 Å². The first-order chi connectivity index (χ1) is 14.8. The summed E-state index contributed by atoms with van der Waals surface area (Å²) in [6.07, 6.45) is 4.37. The van der Waals surface area contributed by atoms with Gasteiger partial charge in [0, 0.05) is 17.6 Å². The van der Waals surface area contributed by atoms with Crippen LogP contribution in [0, 0.1) is 6.92 Å². The molecule has 1 atom stereocenters. The standard InChI is InChI=1S/C18H21ClN2O2.C4H8O2.C2H6/c1-4-14(9-15-6-5-7-20-21-15)16-10-18(23-11-13(3)22)12(2)8-17(16)19;1-2-3-4(5)6;1-2/h5-8,10,14H,4,9,11H2,1-3H3;2-3H2,1H3,(H,5,6);1-2H3. The van der Waals surface area contributed by atoms with Gasteiger partial charge in [-0.3, -0.25) is 9.59 Å². The number of carboxylic acid groups (broad SMARTS) is 1. The van der Waals surface area contributed by atoms with Crippen molar-refractivity contribution in [2.75, 3.05) is 6.61 Å². The van der Waals surface area contributed by atoms with Crippen molar-refractivity contribution in [2.45, 2.75) is 73.1 Å². The van der Waals surface area contributed by atoms with Gasteiger partial charge in [0.15, 0.2) is 5.78 Å². The molecule has 0 amide bonds. The first kappa shape index (κ1) is 28.5. The van der Waals surface area contributed by atoms with E-state index in [0.717, 1.165) is 36.1 Å². The number of nitrogens with zero attached hydrogens (tertiary/aromatic N) is 2. The van der Waals surface area contributed by atoms with Gasteiger partial charge in [-0.2, -0.15) is 10.2 Å². The van der Waals surface area contributed by atoms with Crippen molar-refractivity contribution in [3.63, 3.8) is 0 Å². The lowest BCUT2D eigenvalue weighted by molar-refractivity contribution is -0.137. The van der Waals surface area contributed by atoms with Crippen molar-refractivity contribution in [3.8, 4) is 5.75 Å². The summed E-state index contributed by atoms with van der Waals surface area (Å²) in [5, 5.41) is 16.7. The number of aryl methyl sites for hydroxylation is 1. The van der Waals surface area contributed by atoms with E-state index in [1.165, 1.54) is 6.92 Å². The van der Waals surface area contributed by atoms with Gasteiger partial charge in [0.25, 0.3) is 0 Å². The number of carbonyl (C=O) groups is 2. The van der Waals surface area contributed by atoms with Crippen LogP contribution in [0.15, 0.2) is 30.5 Å². The Kier molecular flexibility index (Phi) is 15.0. The molecule has 172 valence electrons. The number of halogens is 1. The minimum Gasteiger partial charge on any atom is -0.486 e. The number of rotatable bonds is 9. The molecule has 0 fully saturated rings. The number of carbonyl (C=O) groups excluding carboxylic acids is 1. The quantitative estimate of drug-likeness (QED) is 0.500. The summed E-state index contributed by atoms with van der Waals surface area (Å²) >= 11 is 6.45. The maximum Gasteiger partial charge on any atom is 0.303 e. The van der Waals surface area contributed by atoms with E-state index >= 15 is 0 Å². The fraction of sp³-hybridized carbons (Fsp3) is 0.500. The smallest absolute Gasteiger partial charge is 0.303 e. The molecule has 2 rings (SSSR count). The molecule has 2 aromatic rings. The van der Waals surface area contributed by atoms with Gasteiger partial charge < -0.3 is 9.84 Å². The SMILES string of the molecule is CC.CCC(Cc1cccnn1)c1cc(OCC(C)=O)c(C)cc1Cl.CCCC(=O)O. The second-order valence-corrected chi connectivity index (χ2v) is 7.21. The van der Waals surface area contributed by atoms with E-state index in [9.17, 15) is 9.59 Å². The summed E-state index contributed by atoms with van der Waals surface area (Å²) in [6, 6.07) is 7.69. The average molecular weight is 451 g/mol. The summed E-state index contributed by atoms with van der Waals surface area (Å²) in [4.78, 5) is 20.7. The van der Waals surface area contributed by atoms with Crippen molar-refractivity contribution in [2.24, 2.45) is 0 Å². The molecule has 0 spiro atoms. The lowest BCUT2D eigenvalue weighted by Crippen LogP contribution is -2.09. The van der Waals surface area contributed by atoms with Crippen LogP contribution in [0.25, 0.3) is 0 Å². The Morgan fingerprint density at radius 2 is 1.90 bits per heavy atom. The fourth-order valence-corrected chi connectivity index (χ4v) is 3.07. The highest BCUT2D eigenvalue weighted by molar-refractivity contribution is 6.31. The van der Waals surface area contributed by atoms with Gasteiger partial charge in [0.2, 0.25) is 0 Å². The Balaban J connectivity index is 0.000000970. The van der Waals surface area contributed by atoms with Crippen molar-refractivity contribution in [1.29, 1.82) is 0 Å². The molecule has 1 aromatic carbocycles. The van der Waals surface area contributed by atoms with Crippen molar-refractivity contribution >= 4 is 23.4 Å². The molecule has 0 radical (unpaired) electrons. The molecule has 7 heteroatoms. The molecular formula is C24H35ClN2O4. The molecule has 0 saturated heterocycles. The zero-order chi connectivity index (χ0) is 23.8. The molecule has 0 aliphatic heterocycles. The molecule has 31 heavy (non-hydrogen) atoms. The van der Waals surface area contributed by atoms with Crippen LogP contribution in [-0.4, -0.2) is 33.7 Å². The minimum absolute atomic E-state index is 0.00694. The zero-order valence-corrected chi connectivity index (χ0v) is 20.2. The number of aliphatic carboxylic acids is 1. The average Bonchev–Trinajstić information content (AvgIpc) is 2.74. The van der Waals surface area contributed by atoms with E-state index in [4.69, 9.17) is 21.4 Å². The molecule has 1 heterocycles. The number of carboxylic acids is 1. The second kappa shape index (κ2) is 16.3. The van der Waals surface area contributed by atoms with Crippen LogP contribution in [0.5, 0.6) is 5.75 Å². The molecule has 0 aliphatic carbocycles. The summed E-state index contributed by atoms with van der Waals surface area (Å²) < 4.78 is 5.60.